The van der Waals surface area contributed by atoms with Gasteiger partial charge in [-0.05, 0) is 12.1 Å². The molecule has 2 atom stereocenters. The maximum Gasteiger partial charge on any atom is 0.430 e. The van der Waals surface area contributed by atoms with Gasteiger partial charge in [-0.25, -0.2) is 4.79 Å². The van der Waals surface area contributed by atoms with Crippen LogP contribution in [0.1, 0.15) is 0 Å². The molecule has 1 aromatic carbocycles. The molecular weight excluding hydrogens is 371 g/mol. The summed E-state index contributed by atoms with van der Waals surface area (Å²) in [5.74, 6) is -3.18. The Morgan fingerprint density at radius 3 is 2.24 bits per heavy atom. The SMILES string of the molecule is COC(=O)[C@](O)([C@H](Cl)C(=O)Nc1ccc(OC)cc1OC)C(F)(F)F. The largest absolute Gasteiger partial charge is 0.497 e. The van der Waals surface area contributed by atoms with E-state index >= 15 is 0 Å². The van der Waals surface area contributed by atoms with Crippen LogP contribution in [0.3, 0.4) is 0 Å². The van der Waals surface area contributed by atoms with E-state index in [9.17, 15) is 27.9 Å². The number of nitrogens with one attached hydrogen (secondary N) is 1. The van der Waals surface area contributed by atoms with E-state index in [0.717, 1.165) is 0 Å². The minimum absolute atomic E-state index is 0.0478. The van der Waals surface area contributed by atoms with Gasteiger partial charge in [-0.2, -0.15) is 13.2 Å². The van der Waals surface area contributed by atoms with E-state index in [-0.39, 0.29) is 11.4 Å². The second-order valence-electron chi connectivity index (χ2n) is 4.67. The molecule has 2 N–H and O–H groups in total. The Hall–Kier alpha value is -2.20. The minimum atomic E-state index is -5.55. The van der Waals surface area contributed by atoms with Gasteiger partial charge in [0.25, 0.3) is 5.60 Å². The first kappa shape index (κ1) is 20.8. The number of amides is 1. The predicted molar refractivity (Wildman–Crippen MR) is 80.8 cm³/mol. The van der Waals surface area contributed by atoms with Gasteiger partial charge in [0.15, 0.2) is 5.38 Å². The van der Waals surface area contributed by atoms with Gasteiger partial charge < -0.3 is 24.6 Å². The molecule has 0 aromatic heterocycles. The molecule has 1 aromatic rings. The molecule has 0 aliphatic heterocycles. The Labute approximate surface area is 145 Å². The van der Waals surface area contributed by atoms with Gasteiger partial charge in [0, 0.05) is 6.07 Å². The van der Waals surface area contributed by atoms with Crippen LogP contribution in [0.2, 0.25) is 0 Å². The van der Waals surface area contributed by atoms with Crippen molar-refractivity contribution in [2.24, 2.45) is 0 Å². The van der Waals surface area contributed by atoms with E-state index in [1.54, 1.807) is 0 Å². The summed E-state index contributed by atoms with van der Waals surface area (Å²) in [6.07, 6.45) is -5.55. The Balaban J connectivity index is 3.16. The first-order valence-corrected chi connectivity index (χ1v) is 7.01. The third kappa shape index (κ3) is 4.07. The lowest BCUT2D eigenvalue weighted by molar-refractivity contribution is -0.260. The van der Waals surface area contributed by atoms with E-state index in [2.05, 4.69) is 10.1 Å². The molecule has 11 heteroatoms. The number of anilines is 1. The zero-order valence-corrected chi connectivity index (χ0v) is 14.1. The highest BCUT2D eigenvalue weighted by Gasteiger charge is 2.67. The van der Waals surface area contributed by atoms with Crippen molar-refractivity contribution in [2.75, 3.05) is 26.6 Å². The smallest absolute Gasteiger partial charge is 0.430 e. The van der Waals surface area contributed by atoms with Crippen LogP contribution < -0.4 is 14.8 Å². The van der Waals surface area contributed by atoms with Crippen molar-refractivity contribution in [2.45, 2.75) is 17.2 Å². The van der Waals surface area contributed by atoms with Gasteiger partial charge in [-0.1, -0.05) is 0 Å². The fourth-order valence-corrected chi connectivity index (χ4v) is 2.07. The number of rotatable bonds is 6. The first-order chi connectivity index (χ1) is 11.5. The van der Waals surface area contributed by atoms with Crippen LogP contribution in [0, 0.1) is 0 Å². The number of benzene rings is 1. The van der Waals surface area contributed by atoms with Gasteiger partial charge in [0.2, 0.25) is 5.91 Å². The summed E-state index contributed by atoms with van der Waals surface area (Å²) in [7, 11) is 3.25. The highest BCUT2D eigenvalue weighted by Crippen LogP contribution is 2.38. The van der Waals surface area contributed by atoms with Crippen LogP contribution >= 0.6 is 11.6 Å². The maximum absolute atomic E-state index is 13.1. The average Bonchev–Trinajstić information content (AvgIpc) is 2.58. The second-order valence-corrected chi connectivity index (χ2v) is 5.11. The number of hydrogen-bond acceptors (Lipinski definition) is 6. The summed E-state index contributed by atoms with van der Waals surface area (Å²) in [6, 6.07) is 4.04. The van der Waals surface area contributed by atoms with E-state index in [0.29, 0.717) is 12.9 Å². The molecule has 0 spiro atoms. The third-order valence-corrected chi connectivity index (χ3v) is 3.71. The highest BCUT2D eigenvalue weighted by atomic mass is 35.5. The van der Waals surface area contributed by atoms with E-state index < -0.39 is 29.0 Å². The monoisotopic (exact) mass is 385 g/mol. The molecule has 0 saturated heterocycles. The van der Waals surface area contributed by atoms with Crippen molar-refractivity contribution in [3.05, 3.63) is 18.2 Å². The van der Waals surface area contributed by atoms with Gasteiger partial charge in [-0.3, -0.25) is 4.79 Å². The standard InChI is InChI=1S/C14H15ClF3NO6/c1-23-7-4-5-8(9(6-7)24-2)19-11(20)10(15)13(22,12(21)25-3)14(16,17)18/h4-6,10,22H,1-3H3,(H,19,20)/t10-,13-/m1/s1. The van der Waals surface area contributed by atoms with E-state index in [1.807, 2.05) is 0 Å². The fraction of sp³-hybridized carbons (Fsp3) is 0.429. The lowest BCUT2D eigenvalue weighted by Crippen LogP contribution is -2.62. The molecule has 0 bridgehead atoms. The lowest BCUT2D eigenvalue weighted by Gasteiger charge is -2.30. The molecule has 0 saturated carbocycles. The van der Waals surface area contributed by atoms with Crippen molar-refractivity contribution >= 4 is 29.2 Å². The average molecular weight is 386 g/mol. The zero-order valence-electron chi connectivity index (χ0n) is 13.3. The molecule has 7 nitrogen and oxygen atoms in total. The minimum Gasteiger partial charge on any atom is -0.497 e. The lowest BCUT2D eigenvalue weighted by atomic mass is 9.97. The van der Waals surface area contributed by atoms with Crippen molar-refractivity contribution in [3.63, 3.8) is 0 Å². The van der Waals surface area contributed by atoms with Crippen molar-refractivity contribution in [3.8, 4) is 11.5 Å². The van der Waals surface area contributed by atoms with Gasteiger partial charge >= 0.3 is 12.1 Å². The molecule has 0 radical (unpaired) electrons. The molecule has 1 amide bonds. The number of ether oxygens (including phenoxy) is 3. The van der Waals surface area contributed by atoms with Crippen LogP contribution in [0.4, 0.5) is 18.9 Å². The van der Waals surface area contributed by atoms with E-state index in [1.165, 1.54) is 32.4 Å². The summed E-state index contributed by atoms with van der Waals surface area (Å²) < 4.78 is 53.1. The molecule has 1 rings (SSSR count). The summed E-state index contributed by atoms with van der Waals surface area (Å²) in [4.78, 5) is 23.4. The summed E-state index contributed by atoms with van der Waals surface area (Å²) in [5.41, 5.74) is -4.28. The highest BCUT2D eigenvalue weighted by molar-refractivity contribution is 6.35. The summed E-state index contributed by atoms with van der Waals surface area (Å²) >= 11 is 5.45. The van der Waals surface area contributed by atoms with Gasteiger partial charge in [0.05, 0.1) is 27.0 Å². The number of methoxy groups -OCH3 is 3. The Bertz CT molecular complexity index is 654. The maximum atomic E-state index is 13.1. The molecule has 0 aliphatic rings. The molecule has 0 aliphatic carbocycles. The molecular formula is C14H15ClF3NO6. The second kappa shape index (κ2) is 7.79. The number of halogens is 4. The number of hydrogen-bond donors (Lipinski definition) is 2. The number of aliphatic hydroxyl groups is 1. The number of esters is 1. The Kier molecular flexibility index (Phi) is 6.49. The molecule has 0 fully saturated rings. The van der Waals surface area contributed by atoms with Crippen molar-refractivity contribution in [1.29, 1.82) is 0 Å². The van der Waals surface area contributed by atoms with Gasteiger partial charge in [0.1, 0.15) is 11.5 Å². The van der Waals surface area contributed by atoms with E-state index in [4.69, 9.17) is 21.1 Å². The van der Waals surface area contributed by atoms with Crippen LogP contribution in [0.15, 0.2) is 18.2 Å². The zero-order chi connectivity index (χ0) is 19.4. The Morgan fingerprint density at radius 2 is 1.80 bits per heavy atom. The van der Waals surface area contributed by atoms with Crippen LogP contribution in [-0.4, -0.2) is 55.5 Å². The van der Waals surface area contributed by atoms with Crippen LogP contribution in [0.5, 0.6) is 11.5 Å². The topological polar surface area (TPSA) is 94.1 Å². The van der Waals surface area contributed by atoms with Crippen LogP contribution in [0.25, 0.3) is 0 Å². The normalized spacial score (nSPS) is 14.9. The summed E-state index contributed by atoms with van der Waals surface area (Å²) in [5, 5.41) is 9.03. The number of alkyl halides is 4. The number of carbonyl (C=O) groups excluding carboxylic acids is 2. The third-order valence-electron chi connectivity index (χ3n) is 3.19. The molecule has 140 valence electrons. The van der Waals surface area contributed by atoms with Crippen molar-refractivity contribution < 1.29 is 42.1 Å². The number of carbonyl (C=O) groups is 2. The molecule has 0 unspecified atom stereocenters. The molecule has 25 heavy (non-hydrogen) atoms. The van der Waals surface area contributed by atoms with Gasteiger partial charge in [-0.15, -0.1) is 11.6 Å². The fourth-order valence-electron chi connectivity index (χ4n) is 1.81. The van der Waals surface area contributed by atoms with Crippen LogP contribution in [-0.2, 0) is 14.3 Å². The Morgan fingerprint density at radius 1 is 1.20 bits per heavy atom. The summed E-state index contributed by atoms with van der Waals surface area (Å²) in [6.45, 7) is 0. The predicted octanol–water partition coefficient (Wildman–Crippen LogP) is 1.72. The molecule has 0 heterocycles. The quantitative estimate of drug-likeness (QED) is 0.572. The first-order valence-electron chi connectivity index (χ1n) is 6.57. The van der Waals surface area contributed by atoms with Crippen molar-refractivity contribution in [1.82, 2.24) is 0 Å².